The van der Waals surface area contributed by atoms with Crippen molar-refractivity contribution in [3.05, 3.63) is 157 Å². The second-order valence-corrected chi connectivity index (χ2v) is 13.0. The minimum atomic E-state index is -1.29. The van der Waals surface area contributed by atoms with E-state index in [2.05, 4.69) is 49.6 Å². The van der Waals surface area contributed by atoms with Gasteiger partial charge in [-0.2, -0.15) is 0 Å². The van der Waals surface area contributed by atoms with Crippen molar-refractivity contribution in [3.63, 3.8) is 0 Å². The number of thioether (sulfide) groups is 1. The van der Waals surface area contributed by atoms with Crippen LogP contribution in [0.2, 0.25) is 0 Å². The molecule has 0 saturated carbocycles. The molecule has 0 radical (unpaired) electrons. The molecule has 2 aliphatic heterocycles. The molecule has 0 saturated heterocycles. The van der Waals surface area contributed by atoms with Crippen molar-refractivity contribution in [1.29, 1.82) is 0 Å². The monoisotopic (exact) mass is 572 g/mol. The number of benzene rings is 4. The van der Waals surface area contributed by atoms with Crippen LogP contribution in [0.15, 0.2) is 144 Å². The van der Waals surface area contributed by atoms with Crippen molar-refractivity contribution in [2.24, 2.45) is 9.98 Å². The molecule has 0 fully saturated rings. The minimum Gasteiger partial charge on any atom is -0.267 e. The number of hydrogen-bond acceptors (Lipinski definition) is 4. The number of rotatable bonds is 9. The van der Waals surface area contributed by atoms with E-state index in [1.54, 1.807) is 11.8 Å². The third-order valence-electron chi connectivity index (χ3n) is 7.95. The first-order chi connectivity index (χ1) is 20.0. The molecular weight excluding hydrogens is 541 g/mol. The minimum absolute atomic E-state index is 0.386. The molecule has 0 aromatic heterocycles. The molecule has 4 aromatic rings. The van der Waals surface area contributed by atoms with Gasteiger partial charge in [0, 0.05) is 29.7 Å². The summed E-state index contributed by atoms with van der Waals surface area (Å²) in [6.07, 6.45) is 1.15. The summed E-state index contributed by atoms with van der Waals surface area (Å²) < 4.78 is 14.0. The summed E-state index contributed by atoms with van der Waals surface area (Å²) in [7, 11) is -1.29. The summed E-state index contributed by atoms with van der Waals surface area (Å²) in [5, 5.41) is 1.63. The Morgan fingerprint density at radius 1 is 0.659 bits per heavy atom. The zero-order valence-electron chi connectivity index (χ0n) is 22.9. The normalized spacial score (nSPS) is 23.6. The first kappa shape index (κ1) is 27.4. The van der Waals surface area contributed by atoms with Crippen molar-refractivity contribution < 1.29 is 4.21 Å². The van der Waals surface area contributed by atoms with E-state index < -0.39 is 21.9 Å². The van der Waals surface area contributed by atoms with Crippen molar-refractivity contribution in [2.45, 2.75) is 23.9 Å². The first-order valence-electron chi connectivity index (χ1n) is 13.8. The van der Waals surface area contributed by atoms with E-state index in [9.17, 15) is 4.21 Å². The molecule has 0 bridgehead atoms. The highest BCUT2D eigenvalue weighted by Gasteiger charge is 2.58. The summed E-state index contributed by atoms with van der Waals surface area (Å²) in [6.45, 7) is 9.07. The third-order valence-corrected chi connectivity index (χ3v) is 10.7. The van der Waals surface area contributed by atoms with Crippen LogP contribution in [-0.2, 0) is 10.8 Å². The van der Waals surface area contributed by atoms with Gasteiger partial charge in [0.2, 0.25) is 0 Å². The van der Waals surface area contributed by atoms with Crippen molar-refractivity contribution in [1.82, 2.24) is 0 Å². The molecular formula is C36H32N2OS2. The highest BCUT2D eigenvalue weighted by atomic mass is 32.2. The lowest BCUT2D eigenvalue weighted by Gasteiger charge is -2.42. The Bertz CT molecular complexity index is 1650. The maximum Gasteiger partial charge on any atom is 0.129 e. The summed E-state index contributed by atoms with van der Waals surface area (Å²) in [4.78, 5) is 11.0. The van der Waals surface area contributed by atoms with E-state index in [4.69, 9.17) is 9.98 Å². The van der Waals surface area contributed by atoms with Crippen LogP contribution in [0.5, 0.6) is 0 Å². The van der Waals surface area contributed by atoms with Gasteiger partial charge in [0.15, 0.2) is 0 Å². The number of aliphatic imine (C=N–C) groups is 2. The molecule has 2 aliphatic rings. The Kier molecular flexibility index (Phi) is 7.74. The molecule has 2 heterocycles. The average Bonchev–Trinajstić information content (AvgIpc) is 3.61. The third kappa shape index (κ3) is 5.44. The molecule has 4 aromatic carbocycles. The van der Waals surface area contributed by atoms with Crippen LogP contribution in [0, 0.1) is 0 Å². The maximum atomic E-state index is 14.0. The van der Waals surface area contributed by atoms with E-state index in [1.807, 2.05) is 84.9 Å². The largest absolute Gasteiger partial charge is 0.267 e. The zero-order valence-corrected chi connectivity index (χ0v) is 24.5. The first-order valence-corrected chi connectivity index (χ1v) is 16.1. The Morgan fingerprint density at radius 3 is 1.66 bits per heavy atom. The maximum absolute atomic E-state index is 14.0. The number of hydrogen-bond donors (Lipinski definition) is 0. The second-order valence-electron chi connectivity index (χ2n) is 10.7. The quantitative estimate of drug-likeness (QED) is 0.203. The lowest BCUT2D eigenvalue weighted by molar-refractivity contribution is 0.294. The van der Waals surface area contributed by atoms with Gasteiger partial charge in [0.25, 0.3) is 0 Å². The van der Waals surface area contributed by atoms with Crippen molar-refractivity contribution in [3.8, 4) is 0 Å². The fraction of sp³-hybridized carbons (Fsp3) is 0.167. The molecule has 0 aliphatic carbocycles. The van der Waals surface area contributed by atoms with Gasteiger partial charge in [0.1, 0.15) is 16.1 Å². The number of nitrogens with zero attached hydrogens (tertiary/aromatic N) is 2. The Morgan fingerprint density at radius 2 is 1.12 bits per heavy atom. The Labute approximate surface area is 249 Å². The van der Waals surface area contributed by atoms with Gasteiger partial charge in [-0.1, -0.05) is 134 Å². The Hall–Kier alpha value is -3.80. The van der Waals surface area contributed by atoms with E-state index in [-0.39, 0.29) is 0 Å². The molecule has 0 amide bonds. The van der Waals surface area contributed by atoms with Gasteiger partial charge in [-0.15, -0.1) is 11.8 Å². The van der Waals surface area contributed by atoms with Gasteiger partial charge >= 0.3 is 0 Å². The van der Waals surface area contributed by atoms with E-state index in [0.717, 1.165) is 38.4 Å². The van der Waals surface area contributed by atoms with Crippen LogP contribution in [0.1, 0.15) is 35.1 Å². The van der Waals surface area contributed by atoms with Gasteiger partial charge in [-0.05, 0) is 22.3 Å². The highest BCUT2D eigenvalue weighted by molar-refractivity contribution is 8.14. The van der Waals surface area contributed by atoms with Crippen molar-refractivity contribution in [2.75, 3.05) is 11.5 Å². The molecule has 5 heteroatoms. The average molecular weight is 573 g/mol. The molecule has 0 N–H and O–H groups in total. The van der Waals surface area contributed by atoms with Crippen LogP contribution < -0.4 is 0 Å². The topological polar surface area (TPSA) is 41.8 Å². The van der Waals surface area contributed by atoms with E-state index in [1.165, 1.54) is 0 Å². The summed E-state index contributed by atoms with van der Waals surface area (Å²) >= 11 is 1.76. The molecule has 204 valence electrons. The van der Waals surface area contributed by atoms with Gasteiger partial charge in [-0.3, -0.25) is 14.2 Å². The van der Waals surface area contributed by atoms with Crippen LogP contribution >= 0.6 is 11.8 Å². The predicted molar refractivity (Wildman–Crippen MR) is 177 cm³/mol. The summed E-state index contributed by atoms with van der Waals surface area (Å²) in [6, 6.07) is 40.8. The lowest BCUT2D eigenvalue weighted by Crippen LogP contribution is -2.54. The fourth-order valence-electron chi connectivity index (χ4n) is 5.76. The summed E-state index contributed by atoms with van der Waals surface area (Å²) in [5.74, 6) is 1.10. The predicted octanol–water partition coefficient (Wildman–Crippen LogP) is 8.07. The molecule has 6 rings (SSSR count). The fourth-order valence-corrected chi connectivity index (χ4v) is 8.79. The van der Waals surface area contributed by atoms with E-state index >= 15 is 0 Å². The van der Waals surface area contributed by atoms with Gasteiger partial charge in [0.05, 0.1) is 21.6 Å². The lowest BCUT2D eigenvalue weighted by atomic mass is 9.71. The zero-order chi connectivity index (χ0) is 28.3. The van der Waals surface area contributed by atoms with Gasteiger partial charge < -0.3 is 0 Å². The van der Waals surface area contributed by atoms with E-state index in [0.29, 0.717) is 29.4 Å². The van der Waals surface area contributed by atoms with Gasteiger partial charge in [-0.25, -0.2) is 0 Å². The molecule has 3 nitrogen and oxygen atoms in total. The molecule has 3 unspecified atom stereocenters. The molecule has 41 heavy (non-hydrogen) atoms. The second kappa shape index (κ2) is 11.6. The van der Waals surface area contributed by atoms with Crippen LogP contribution in [-0.4, -0.2) is 36.9 Å². The van der Waals surface area contributed by atoms with Crippen LogP contribution in [0.25, 0.3) is 11.1 Å². The standard InChI is InChI=1S/C36H32N2OS2/c1-27(29-15-7-3-8-16-29)23-35(25-40-33(37-35)31-19-11-5-12-20-31)36(24-28(2)30-17-9-4-10-18-30)26-41(39)34(38-36)32-21-13-6-14-22-32/h3-22H,1-2,23-26H2. The van der Waals surface area contributed by atoms with Crippen LogP contribution in [0.4, 0.5) is 0 Å². The smallest absolute Gasteiger partial charge is 0.129 e. The Balaban J connectivity index is 1.52. The highest BCUT2D eigenvalue weighted by Crippen LogP contribution is 2.51. The van der Waals surface area contributed by atoms with Crippen LogP contribution in [0.3, 0.4) is 0 Å². The molecule has 3 atom stereocenters. The SMILES string of the molecule is C=C(CC1(C2(CC(=C)c3ccccc3)CS(=O)C(c3ccccc3)=N2)CSC(c2ccccc2)=N1)c1ccccc1. The van der Waals surface area contributed by atoms with Crippen molar-refractivity contribution >= 4 is 43.8 Å². The summed E-state index contributed by atoms with van der Waals surface area (Å²) in [5.41, 5.74) is 4.68. The molecule has 0 spiro atoms.